The van der Waals surface area contributed by atoms with E-state index >= 15 is 0 Å². The lowest BCUT2D eigenvalue weighted by molar-refractivity contribution is -0.121. The van der Waals surface area contributed by atoms with Crippen LogP contribution >= 0.6 is 15.9 Å². The maximum Gasteiger partial charge on any atom is 0.223 e. The highest BCUT2D eigenvalue weighted by Gasteiger charge is 2.22. The average Bonchev–Trinajstić information content (AvgIpc) is 3.05. The number of aryl methyl sites for hydroxylation is 1. The van der Waals surface area contributed by atoms with Gasteiger partial charge in [0.2, 0.25) is 5.91 Å². The Bertz CT molecular complexity index is 435. The van der Waals surface area contributed by atoms with Gasteiger partial charge in [-0.25, -0.2) is 0 Å². The molecule has 0 atom stereocenters. The Labute approximate surface area is 115 Å². The number of nitrogen functional groups attached to an aromatic ring is 1. The minimum absolute atomic E-state index is 0.0471. The van der Waals surface area contributed by atoms with Crippen molar-refractivity contribution in [2.24, 2.45) is 0 Å². The van der Waals surface area contributed by atoms with Gasteiger partial charge in [-0.3, -0.25) is 4.79 Å². The van der Waals surface area contributed by atoms with E-state index in [1.807, 2.05) is 13.0 Å². The number of amides is 1. The molecule has 1 aromatic carbocycles. The first-order chi connectivity index (χ1) is 8.56. The zero-order chi connectivity index (χ0) is 13.1. The summed E-state index contributed by atoms with van der Waals surface area (Å²) in [4.78, 5) is 11.5. The molecule has 0 saturated heterocycles. The Kier molecular flexibility index (Phi) is 4.11. The molecule has 2 rings (SSSR count). The van der Waals surface area contributed by atoms with Crippen molar-refractivity contribution < 1.29 is 9.53 Å². The fourth-order valence-electron chi connectivity index (χ4n) is 1.73. The molecule has 0 unspecified atom stereocenters. The summed E-state index contributed by atoms with van der Waals surface area (Å²) in [7, 11) is 0. The predicted molar refractivity (Wildman–Crippen MR) is 74.6 cm³/mol. The fourth-order valence-corrected chi connectivity index (χ4v) is 2.32. The van der Waals surface area contributed by atoms with Crippen LogP contribution < -0.4 is 15.8 Å². The zero-order valence-electron chi connectivity index (χ0n) is 10.3. The molecule has 1 fully saturated rings. The molecule has 0 aliphatic heterocycles. The summed E-state index contributed by atoms with van der Waals surface area (Å²) in [6, 6.07) is 4.14. The van der Waals surface area contributed by atoms with Crippen LogP contribution in [-0.2, 0) is 4.79 Å². The quantitative estimate of drug-likeness (QED) is 0.820. The number of anilines is 1. The van der Waals surface area contributed by atoms with Gasteiger partial charge in [-0.1, -0.05) is 15.9 Å². The van der Waals surface area contributed by atoms with E-state index in [1.54, 1.807) is 6.07 Å². The van der Waals surface area contributed by atoms with Gasteiger partial charge in [-0.15, -0.1) is 0 Å². The second-order valence-corrected chi connectivity index (χ2v) is 5.50. The monoisotopic (exact) mass is 312 g/mol. The Balaban J connectivity index is 1.84. The van der Waals surface area contributed by atoms with E-state index in [1.165, 1.54) is 0 Å². The molecule has 1 aliphatic rings. The number of carbonyl (C=O) groups is 1. The van der Waals surface area contributed by atoms with Gasteiger partial charge >= 0.3 is 0 Å². The van der Waals surface area contributed by atoms with E-state index in [4.69, 9.17) is 10.5 Å². The van der Waals surface area contributed by atoms with Gasteiger partial charge in [-0.2, -0.15) is 0 Å². The molecule has 18 heavy (non-hydrogen) atoms. The highest BCUT2D eigenvalue weighted by atomic mass is 79.9. The highest BCUT2D eigenvalue weighted by Crippen LogP contribution is 2.30. The highest BCUT2D eigenvalue weighted by molar-refractivity contribution is 9.10. The number of nitrogens with one attached hydrogen (secondary N) is 1. The molecule has 4 nitrogen and oxygen atoms in total. The molecular weight excluding hydrogens is 296 g/mol. The first-order valence-electron chi connectivity index (χ1n) is 6.04. The number of carbonyl (C=O) groups excluding carboxylic acids is 1. The first kappa shape index (κ1) is 13.2. The number of hydrogen-bond donors (Lipinski definition) is 2. The summed E-state index contributed by atoms with van der Waals surface area (Å²) in [5, 5.41) is 2.92. The van der Waals surface area contributed by atoms with Crippen molar-refractivity contribution in [2.45, 2.75) is 32.2 Å². The maximum atomic E-state index is 11.5. The van der Waals surface area contributed by atoms with Crippen LogP contribution in [0.3, 0.4) is 0 Å². The van der Waals surface area contributed by atoms with Crippen molar-refractivity contribution in [1.29, 1.82) is 0 Å². The third-order valence-electron chi connectivity index (χ3n) is 2.79. The lowest BCUT2D eigenvalue weighted by Gasteiger charge is -2.12. The summed E-state index contributed by atoms with van der Waals surface area (Å²) in [6.07, 6.45) is 2.57. The molecule has 1 amide bonds. The van der Waals surface area contributed by atoms with Crippen LogP contribution in [0.2, 0.25) is 0 Å². The molecule has 0 spiro atoms. The van der Waals surface area contributed by atoms with E-state index in [0.29, 0.717) is 30.5 Å². The summed E-state index contributed by atoms with van der Waals surface area (Å²) in [5.41, 5.74) is 7.42. The summed E-state index contributed by atoms with van der Waals surface area (Å²) in [6.45, 7) is 2.28. The third-order valence-corrected chi connectivity index (χ3v) is 3.24. The number of ether oxygens (including phenoxy) is 1. The number of halogens is 1. The van der Waals surface area contributed by atoms with E-state index in [-0.39, 0.29) is 5.91 Å². The lowest BCUT2D eigenvalue weighted by Crippen LogP contribution is -2.26. The van der Waals surface area contributed by atoms with Crippen molar-refractivity contribution in [3.05, 3.63) is 22.2 Å². The number of hydrogen-bond acceptors (Lipinski definition) is 3. The van der Waals surface area contributed by atoms with Crippen LogP contribution in [0.1, 0.15) is 24.8 Å². The van der Waals surface area contributed by atoms with Gasteiger partial charge in [-0.05, 0) is 37.5 Å². The molecular formula is C13H17BrN2O2. The topological polar surface area (TPSA) is 64.3 Å². The number of nitrogens with two attached hydrogens (primary N) is 1. The van der Waals surface area contributed by atoms with E-state index < -0.39 is 0 Å². The molecule has 5 heteroatoms. The van der Waals surface area contributed by atoms with Gasteiger partial charge in [0.05, 0.1) is 18.7 Å². The van der Waals surface area contributed by atoms with Crippen LogP contribution in [-0.4, -0.2) is 18.6 Å². The Morgan fingerprint density at radius 2 is 2.28 bits per heavy atom. The second-order valence-electron chi connectivity index (χ2n) is 4.58. The molecule has 1 saturated carbocycles. The van der Waals surface area contributed by atoms with Gasteiger partial charge in [0, 0.05) is 10.5 Å². The molecule has 0 heterocycles. The van der Waals surface area contributed by atoms with Crippen LogP contribution in [0.25, 0.3) is 0 Å². The number of benzene rings is 1. The van der Waals surface area contributed by atoms with Gasteiger partial charge < -0.3 is 15.8 Å². The summed E-state index contributed by atoms with van der Waals surface area (Å²) >= 11 is 3.37. The Morgan fingerprint density at radius 3 is 2.89 bits per heavy atom. The molecule has 3 N–H and O–H groups in total. The van der Waals surface area contributed by atoms with E-state index in [0.717, 1.165) is 22.9 Å². The maximum absolute atomic E-state index is 11.5. The van der Waals surface area contributed by atoms with Crippen LogP contribution in [0.15, 0.2) is 16.6 Å². The molecule has 0 radical (unpaired) electrons. The van der Waals surface area contributed by atoms with Gasteiger partial charge in [0.25, 0.3) is 0 Å². The predicted octanol–water partition coefficient (Wildman–Crippen LogP) is 2.39. The fraction of sp³-hybridized carbons (Fsp3) is 0.462. The number of rotatable bonds is 5. The first-order valence-corrected chi connectivity index (χ1v) is 6.83. The smallest absolute Gasteiger partial charge is 0.223 e. The van der Waals surface area contributed by atoms with Crippen molar-refractivity contribution in [3.63, 3.8) is 0 Å². The van der Waals surface area contributed by atoms with E-state index in [9.17, 15) is 4.79 Å². The van der Waals surface area contributed by atoms with Crippen LogP contribution in [0.5, 0.6) is 5.75 Å². The van der Waals surface area contributed by atoms with Crippen LogP contribution in [0.4, 0.5) is 5.69 Å². The molecule has 0 aromatic heterocycles. The largest absolute Gasteiger partial charge is 0.491 e. The minimum atomic E-state index is 0.0471. The normalized spacial score (nSPS) is 14.3. The van der Waals surface area contributed by atoms with Gasteiger partial charge in [0.15, 0.2) is 0 Å². The van der Waals surface area contributed by atoms with E-state index in [2.05, 4.69) is 21.2 Å². The third kappa shape index (κ3) is 3.63. The summed E-state index contributed by atoms with van der Waals surface area (Å²) < 4.78 is 6.52. The van der Waals surface area contributed by atoms with Crippen molar-refractivity contribution in [2.75, 3.05) is 12.3 Å². The standard InChI is InChI=1S/C13H17BrN2O2/c1-8-6-9(14)7-11(15)13(8)18-5-4-12(17)16-10-2-3-10/h6-7,10H,2-5,15H2,1H3,(H,16,17). The average molecular weight is 313 g/mol. The van der Waals surface area contributed by atoms with Crippen molar-refractivity contribution in [3.8, 4) is 5.75 Å². The molecule has 1 aromatic rings. The Hall–Kier alpha value is -1.23. The minimum Gasteiger partial charge on any atom is -0.491 e. The lowest BCUT2D eigenvalue weighted by atomic mass is 10.2. The zero-order valence-corrected chi connectivity index (χ0v) is 11.9. The van der Waals surface area contributed by atoms with Gasteiger partial charge in [0.1, 0.15) is 5.75 Å². The van der Waals surface area contributed by atoms with Crippen molar-refractivity contribution >= 4 is 27.5 Å². The van der Waals surface area contributed by atoms with Crippen LogP contribution in [0, 0.1) is 6.92 Å². The second kappa shape index (κ2) is 5.61. The molecule has 1 aliphatic carbocycles. The molecule has 0 bridgehead atoms. The molecule has 98 valence electrons. The van der Waals surface area contributed by atoms with Crippen molar-refractivity contribution in [1.82, 2.24) is 5.32 Å². The Morgan fingerprint density at radius 1 is 1.56 bits per heavy atom. The summed E-state index contributed by atoms with van der Waals surface area (Å²) in [5.74, 6) is 0.711. The SMILES string of the molecule is Cc1cc(Br)cc(N)c1OCCC(=O)NC1CC1.